The minimum absolute atomic E-state index is 0.0196. The van der Waals surface area contributed by atoms with Crippen LogP contribution in [0.2, 0.25) is 0 Å². The molecule has 1 fully saturated rings. The molecule has 0 spiro atoms. The first-order valence-electron chi connectivity index (χ1n) is 8.32. The molecule has 0 atom stereocenters. The molecular formula is C18H18N4O4S. The van der Waals surface area contributed by atoms with Crippen LogP contribution in [0, 0.1) is 10.1 Å². The summed E-state index contributed by atoms with van der Waals surface area (Å²) in [6, 6.07) is 13.1. The molecule has 3 rings (SSSR count). The highest BCUT2D eigenvalue weighted by Crippen LogP contribution is 2.18. The third-order valence-electron chi connectivity index (χ3n) is 4.00. The Morgan fingerprint density at radius 3 is 2.41 bits per heavy atom. The Hall–Kier alpha value is -3.04. The SMILES string of the molecule is O=C(c1ccc(NC(=S)Nc2cccc([N+](=O)[O-])c2)cc1)N1CCOCC1. The number of hydrogen-bond donors (Lipinski definition) is 2. The molecule has 140 valence electrons. The molecule has 1 amide bonds. The van der Waals surface area contributed by atoms with E-state index in [-0.39, 0.29) is 11.6 Å². The maximum atomic E-state index is 12.4. The van der Waals surface area contributed by atoms with Crippen LogP contribution in [0.5, 0.6) is 0 Å². The van der Waals surface area contributed by atoms with Gasteiger partial charge >= 0.3 is 0 Å². The van der Waals surface area contributed by atoms with E-state index in [0.29, 0.717) is 48.4 Å². The highest BCUT2D eigenvalue weighted by Gasteiger charge is 2.18. The second-order valence-electron chi connectivity index (χ2n) is 5.87. The molecule has 2 aromatic carbocycles. The lowest BCUT2D eigenvalue weighted by Gasteiger charge is -2.26. The van der Waals surface area contributed by atoms with E-state index < -0.39 is 4.92 Å². The number of anilines is 2. The van der Waals surface area contributed by atoms with Crippen molar-refractivity contribution in [2.24, 2.45) is 0 Å². The number of rotatable bonds is 4. The van der Waals surface area contributed by atoms with E-state index in [4.69, 9.17) is 17.0 Å². The molecule has 27 heavy (non-hydrogen) atoms. The number of amides is 1. The van der Waals surface area contributed by atoms with E-state index in [1.807, 2.05) is 0 Å². The predicted octanol–water partition coefficient (Wildman–Crippen LogP) is 2.88. The summed E-state index contributed by atoms with van der Waals surface area (Å²) in [4.78, 5) is 24.5. The molecule has 0 saturated carbocycles. The number of carbonyl (C=O) groups is 1. The van der Waals surface area contributed by atoms with Gasteiger partial charge in [-0.05, 0) is 42.5 Å². The summed E-state index contributed by atoms with van der Waals surface area (Å²) in [5, 5.41) is 17.0. The van der Waals surface area contributed by atoms with Gasteiger partial charge in [-0.2, -0.15) is 0 Å². The average Bonchev–Trinajstić information content (AvgIpc) is 2.69. The number of nitrogens with zero attached hydrogens (tertiary/aromatic N) is 2. The standard InChI is InChI=1S/C18H18N4O4S/c23-17(21-8-10-26-11-9-21)13-4-6-14(7-5-13)19-18(27)20-15-2-1-3-16(12-15)22(24)25/h1-7,12H,8-11H2,(H2,19,20,27). The molecule has 0 unspecified atom stereocenters. The molecule has 1 saturated heterocycles. The van der Waals surface area contributed by atoms with Gasteiger partial charge in [0.15, 0.2) is 5.11 Å². The minimum atomic E-state index is -0.466. The number of nitrogens with one attached hydrogen (secondary N) is 2. The van der Waals surface area contributed by atoms with Crippen LogP contribution in [-0.2, 0) is 4.74 Å². The molecule has 0 aliphatic carbocycles. The summed E-state index contributed by atoms with van der Waals surface area (Å²) < 4.78 is 5.26. The normalized spacial score (nSPS) is 13.7. The first-order chi connectivity index (χ1) is 13.0. The fourth-order valence-corrected chi connectivity index (χ4v) is 2.87. The van der Waals surface area contributed by atoms with E-state index in [1.54, 1.807) is 41.3 Å². The third kappa shape index (κ3) is 4.99. The fourth-order valence-electron chi connectivity index (χ4n) is 2.64. The van der Waals surface area contributed by atoms with Crippen molar-refractivity contribution >= 4 is 40.3 Å². The van der Waals surface area contributed by atoms with Gasteiger partial charge in [-0.1, -0.05) is 6.07 Å². The van der Waals surface area contributed by atoms with E-state index in [2.05, 4.69) is 10.6 Å². The van der Waals surface area contributed by atoms with Gasteiger partial charge in [0.1, 0.15) is 0 Å². The lowest BCUT2D eigenvalue weighted by Crippen LogP contribution is -2.40. The number of morpholine rings is 1. The van der Waals surface area contributed by atoms with Crippen LogP contribution in [0.4, 0.5) is 17.1 Å². The van der Waals surface area contributed by atoms with Gasteiger partial charge in [0.05, 0.1) is 18.1 Å². The highest BCUT2D eigenvalue weighted by atomic mass is 32.1. The van der Waals surface area contributed by atoms with Gasteiger partial charge in [-0.25, -0.2) is 0 Å². The number of non-ortho nitro benzene ring substituents is 1. The van der Waals surface area contributed by atoms with Crippen molar-refractivity contribution in [1.29, 1.82) is 0 Å². The molecule has 1 heterocycles. The van der Waals surface area contributed by atoms with E-state index >= 15 is 0 Å². The van der Waals surface area contributed by atoms with Crippen molar-refractivity contribution in [3.8, 4) is 0 Å². The van der Waals surface area contributed by atoms with Crippen LogP contribution in [0.3, 0.4) is 0 Å². The Bertz CT molecular complexity index is 851. The van der Waals surface area contributed by atoms with Crippen LogP contribution in [-0.4, -0.2) is 47.1 Å². The van der Waals surface area contributed by atoms with Crippen molar-refractivity contribution in [3.63, 3.8) is 0 Å². The minimum Gasteiger partial charge on any atom is -0.378 e. The van der Waals surface area contributed by atoms with Crippen LogP contribution >= 0.6 is 12.2 Å². The third-order valence-corrected chi connectivity index (χ3v) is 4.21. The number of carbonyl (C=O) groups excluding carboxylic acids is 1. The van der Waals surface area contributed by atoms with Gasteiger partial charge in [0.25, 0.3) is 11.6 Å². The molecule has 9 heteroatoms. The summed E-state index contributed by atoms with van der Waals surface area (Å²) in [5.74, 6) is -0.0258. The number of nitro groups is 1. The van der Waals surface area contributed by atoms with Gasteiger partial charge in [-0.15, -0.1) is 0 Å². The summed E-state index contributed by atoms with van der Waals surface area (Å²) >= 11 is 5.23. The van der Waals surface area contributed by atoms with Crippen molar-refractivity contribution in [3.05, 3.63) is 64.2 Å². The summed E-state index contributed by atoms with van der Waals surface area (Å²) in [7, 11) is 0. The van der Waals surface area contributed by atoms with E-state index in [1.165, 1.54) is 12.1 Å². The molecular weight excluding hydrogens is 368 g/mol. The van der Waals surface area contributed by atoms with Crippen LogP contribution in [0.1, 0.15) is 10.4 Å². The monoisotopic (exact) mass is 386 g/mol. The number of ether oxygens (including phenoxy) is 1. The average molecular weight is 386 g/mol. The Morgan fingerprint density at radius 1 is 1.07 bits per heavy atom. The molecule has 2 N–H and O–H groups in total. The number of benzene rings is 2. The van der Waals surface area contributed by atoms with Crippen molar-refractivity contribution in [2.75, 3.05) is 36.9 Å². The van der Waals surface area contributed by atoms with Crippen LogP contribution in [0.15, 0.2) is 48.5 Å². The highest BCUT2D eigenvalue weighted by molar-refractivity contribution is 7.80. The summed E-state index contributed by atoms with van der Waals surface area (Å²) in [6.45, 7) is 2.30. The molecule has 0 radical (unpaired) electrons. The zero-order chi connectivity index (χ0) is 19.2. The molecule has 1 aliphatic rings. The van der Waals surface area contributed by atoms with Crippen molar-refractivity contribution in [2.45, 2.75) is 0 Å². The van der Waals surface area contributed by atoms with Gasteiger partial charge in [0.2, 0.25) is 0 Å². The number of thiocarbonyl (C=S) groups is 1. The largest absolute Gasteiger partial charge is 0.378 e. The van der Waals surface area contributed by atoms with E-state index in [0.717, 1.165) is 0 Å². The Balaban J connectivity index is 1.59. The summed E-state index contributed by atoms with van der Waals surface area (Å²) in [5.41, 5.74) is 1.80. The first kappa shape index (κ1) is 18.7. The second-order valence-corrected chi connectivity index (χ2v) is 6.28. The Kier molecular flexibility index (Phi) is 5.94. The zero-order valence-corrected chi connectivity index (χ0v) is 15.2. The van der Waals surface area contributed by atoms with Gasteiger partial charge < -0.3 is 20.3 Å². The number of nitro benzene ring substituents is 1. The molecule has 8 nitrogen and oxygen atoms in total. The lowest BCUT2D eigenvalue weighted by atomic mass is 10.1. The van der Waals surface area contributed by atoms with Crippen molar-refractivity contribution < 1.29 is 14.5 Å². The Morgan fingerprint density at radius 2 is 1.74 bits per heavy atom. The molecule has 1 aliphatic heterocycles. The Labute approximate surface area is 161 Å². The quantitative estimate of drug-likeness (QED) is 0.474. The predicted molar refractivity (Wildman–Crippen MR) is 106 cm³/mol. The second kappa shape index (κ2) is 8.56. The smallest absolute Gasteiger partial charge is 0.271 e. The van der Waals surface area contributed by atoms with Gasteiger partial charge in [-0.3, -0.25) is 14.9 Å². The molecule has 0 aromatic heterocycles. The van der Waals surface area contributed by atoms with E-state index in [9.17, 15) is 14.9 Å². The first-order valence-corrected chi connectivity index (χ1v) is 8.73. The molecule has 2 aromatic rings. The van der Waals surface area contributed by atoms with Crippen LogP contribution < -0.4 is 10.6 Å². The zero-order valence-electron chi connectivity index (χ0n) is 14.4. The maximum Gasteiger partial charge on any atom is 0.271 e. The fraction of sp³-hybridized carbons (Fsp3) is 0.222. The van der Waals surface area contributed by atoms with Crippen molar-refractivity contribution in [1.82, 2.24) is 4.90 Å². The summed E-state index contributed by atoms with van der Waals surface area (Å²) in [6.07, 6.45) is 0. The van der Waals surface area contributed by atoms with Crippen LogP contribution in [0.25, 0.3) is 0 Å². The maximum absolute atomic E-state index is 12.4. The number of hydrogen-bond acceptors (Lipinski definition) is 5. The lowest BCUT2D eigenvalue weighted by molar-refractivity contribution is -0.384. The van der Waals surface area contributed by atoms with Gasteiger partial charge in [0, 0.05) is 42.2 Å². The topological polar surface area (TPSA) is 96.7 Å². The molecule has 0 bridgehead atoms.